The Kier molecular flexibility index (Phi) is 6.00. The Morgan fingerprint density at radius 2 is 2.23 bits per heavy atom. The monoisotopic (exact) mass is 367 g/mol. The lowest BCUT2D eigenvalue weighted by atomic mass is 10.2. The largest absolute Gasteiger partial charge is 0.368 e. The lowest BCUT2D eigenvalue weighted by Gasteiger charge is -2.28. The number of anilines is 3. The van der Waals surface area contributed by atoms with Gasteiger partial charge in [0, 0.05) is 24.9 Å². The van der Waals surface area contributed by atoms with Crippen molar-refractivity contribution in [2.75, 3.05) is 23.8 Å². The lowest BCUT2D eigenvalue weighted by molar-refractivity contribution is -0.184. The topological polar surface area (TPSA) is 89.3 Å². The van der Waals surface area contributed by atoms with Crippen molar-refractivity contribution in [2.24, 2.45) is 0 Å². The third-order valence-corrected chi connectivity index (χ3v) is 4.23. The Morgan fingerprint density at radius 1 is 1.38 bits per heavy atom. The molecule has 9 heteroatoms. The molecule has 2 aromatic rings. The molecule has 0 saturated carbocycles. The molecule has 1 aromatic heterocycles. The number of hydrogen-bond acceptors (Lipinski definition) is 6. The van der Waals surface area contributed by atoms with Crippen molar-refractivity contribution < 1.29 is 18.3 Å². The van der Waals surface area contributed by atoms with Crippen molar-refractivity contribution in [3.05, 3.63) is 29.8 Å². The van der Waals surface area contributed by atoms with Crippen molar-refractivity contribution in [3.63, 3.8) is 0 Å². The van der Waals surface area contributed by atoms with Gasteiger partial charge in [0.05, 0.1) is 6.10 Å². The number of halogens is 2. The van der Waals surface area contributed by atoms with Gasteiger partial charge in [-0.05, 0) is 44.7 Å². The van der Waals surface area contributed by atoms with Crippen LogP contribution in [0.3, 0.4) is 0 Å². The van der Waals surface area contributed by atoms with E-state index in [9.17, 15) is 8.78 Å². The number of aromatic nitrogens is 3. The van der Waals surface area contributed by atoms with Crippen LogP contribution in [-0.2, 0) is 9.47 Å². The Bertz CT molecular complexity index is 721. The average Bonchev–Trinajstić information content (AvgIpc) is 3.05. The fraction of sp³-hybridized carbons (Fsp3) is 0.529. The van der Waals surface area contributed by atoms with Crippen LogP contribution in [0, 0.1) is 11.6 Å². The number of nitrogens with zero attached hydrogens (tertiary/aromatic N) is 3. The van der Waals surface area contributed by atoms with Gasteiger partial charge in [-0.15, -0.1) is 5.10 Å². The summed E-state index contributed by atoms with van der Waals surface area (Å²) in [5, 5.41) is 6.58. The fourth-order valence-electron chi connectivity index (χ4n) is 2.84. The zero-order valence-electron chi connectivity index (χ0n) is 14.6. The number of ether oxygens (including phenoxy) is 2. The number of hydrogen-bond donors (Lipinski definition) is 2. The molecule has 1 saturated heterocycles. The lowest BCUT2D eigenvalue weighted by Crippen LogP contribution is -2.29. The highest BCUT2D eigenvalue weighted by atomic mass is 19.2. The van der Waals surface area contributed by atoms with Crippen LogP contribution in [0.5, 0.6) is 0 Å². The van der Waals surface area contributed by atoms with Gasteiger partial charge in [-0.2, -0.15) is 4.98 Å². The predicted molar refractivity (Wildman–Crippen MR) is 92.9 cm³/mol. The smallest absolute Gasteiger partial charge is 0.250 e. The molecule has 26 heavy (non-hydrogen) atoms. The predicted octanol–water partition coefficient (Wildman–Crippen LogP) is 3.13. The molecule has 142 valence electrons. The highest BCUT2D eigenvalue weighted by molar-refractivity contribution is 5.57. The van der Waals surface area contributed by atoms with E-state index >= 15 is 0 Å². The van der Waals surface area contributed by atoms with E-state index in [1.807, 2.05) is 6.92 Å². The van der Waals surface area contributed by atoms with Crippen LogP contribution in [0.25, 0.3) is 0 Å². The number of rotatable bonds is 7. The summed E-state index contributed by atoms with van der Waals surface area (Å²) in [5.41, 5.74) is 6.03. The SMILES string of the molecule is CC(CCN(c1ccc(F)c(F)c1)c1n[nH]c(N)n1)OC1CCCCO1. The molecule has 3 rings (SSSR count). The number of benzene rings is 1. The maximum atomic E-state index is 13.7. The first-order chi connectivity index (χ1) is 12.5. The first-order valence-electron chi connectivity index (χ1n) is 8.70. The molecule has 2 unspecified atom stereocenters. The number of nitrogen functional groups attached to an aromatic ring is 1. The summed E-state index contributed by atoms with van der Waals surface area (Å²) in [6.45, 7) is 3.11. The number of aromatic amines is 1. The minimum Gasteiger partial charge on any atom is -0.368 e. The van der Waals surface area contributed by atoms with Gasteiger partial charge in [0.2, 0.25) is 5.95 Å². The molecule has 1 aromatic carbocycles. The molecule has 0 spiro atoms. The zero-order chi connectivity index (χ0) is 18.5. The van der Waals surface area contributed by atoms with Gasteiger partial charge < -0.3 is 20.1 Å². The summed E-state index contributed by atoms with van der Waals surface area (Å²) in [5.74, 6) is -1.41. The summed E-state index contributed by atoms with van der Waals surface area (Å²) in [6.07, 6.45) is 3.39. The molecule has 0 aliphatic carbocycles. The summed E-state index contributed by atoms with van der Waals surface area (Å²) in [4.78, 5) is 5.75. The van der Waals surface area contributed by atoms with E-state index in [1.54, 1.807) is 4.90 Å². The van der Waals surface area contributed by atoms with Crippen molar-refractivity contribution in [1.29, 1.82) is 0 Å². The van der Waals surface area contributed by atoms with Gasteiger partial charge in [0.25, 0.3) is 5.95 Å². The van der Waals surface area contributed by atoms with E-state index in [4.69, 9.17) is 15.2 Å². The highest BCUT2D eigenvalue weighted by Gasteiger charge is 2.20. The molecule has 3 N–H and O–H groups in total. The van der Waals surface area contributed by atoms with Crippen molar-refractivity contribution in [3.8, 4) is 0 Å². The van der Waals surface area contributed by atoms with Crippen LogP contribution in [0.4, 0.5) is 26.4 Å². The number of nitrogens with one attached hydrogen (secondary N) is 1. The first kappa shape index (κ1) is 18.5. The van der Waals surface area contributed by atoms with Gasteiger partial charge in [0.15, 0.2) is 17.9 Å². The maximum Gasteiger partial charge on any atom is 0.250 e. The molecule has 2 heterocycles. The van der Waals surface area contributed by atoms with Gasteiger partial charge in [0.1, 0.15) is 0 Å². The first-order valence-corrected chi connectivity index (χ1v) is 8.70. The molecule has 2 atom stereocenters. The highest BCUT2D eigenvalue weighted by Crippen LogP contribution is 2.25. The number of nitrogens with two attached hydrogens (primary N) is 1. The van der Waals surface area contributed by atoms with Gasteiger partial charge in [-0.3, -0.25) is 0 Å². The minimum atomic E-state index is -0.934. The molecule has 7 nitrogen and oxygen atoms in total. The van der Waals surface area contributed by atoms with E-state index in [2.05, 4.69) is 15.2 Å². The minimum absolute atomic E-state index is 0.0813. The number of H-pyrrole nitrogens is 1. The second-order valence-electron chi connectivity index (χ2n) is 6.30. The van der Waals surface area contributed by atoms with Crippen LogP contribution in [0.15, 0.2) is 18.2 Å². The Hall–Kier alpha value is -2.26. The summed E-state index contributed by atoms with van der Waals surface area (Å²) in [6, 6.07) is 3.65. The van der Waals surface area contributed by atoms with Crippen LogP contribution in [-0.4, -0.2) is 40.7 Å². The second kappa shape index (κ2) is 8.41. The third kappa shape index (κ3) is 4.67. The molecule has 0 radical (unpaired) electrons. The van der Waals surface area contributed by atoms with Crippen molar-refractivity contribution in [2.45, 2.75) is 45.0 Å². The molecule has 1 aliphatic heterocycles. The van der Waals surface area contributed by atoms with E-state index in [0.717, 1.165) is 38.0 Å². The molecule has 1 fully saturated rings. The fourth-order valence-corrected chi connectivity index (χ4v) is 2.84. The molecule has 1 aliphatic rings. The van der Waals surface area contributed by atoms with Crippen molar-refractivity contribution >= 4 is 17.6 Å². The Morgan fingerprint density at radius 3 is 2.88 bits per heavy atom. The molecular formula is C17H23F2N5O2. The van der Waals surface area contributed by atoms with Gasteiger partial charge >= 0.3 is 0 Å². The van der Waals surface area contributed by atoms with Crippen molar-refractivity contribution in [1.82, 2.24) is 15.2 Å². The summed E-state index contributed by atoms with van der Waals surface area (Å²) >= 11 is 0. The molecular weight excluding hydrogens is 344 g/mol. The second-order valence-corrected chi connectivity index (χ2v) is 6.30. The van der Waals surface area contributed by atoms with Crippen LogP contribution < -0.4 is 10.6 Å². The Labute approximate surface area is 150 Å². The van der Waals surface area contributed by atoms with Gasteiger partial charge in [-0.1, -0.05) is 0 Å². The maximum absolute atomic E-state index is 13.7. The van der Waals surface area contributed by atoms with E-state index < -0.39 is 11.6 Å². The average molecular weight is 367 g/mol. The summed E-state index contributed by atoms with van der Waals surface area (Å²) in [7, 11) is 0. The van der Waals surface area contributed by atoms with E-state index in [0.29, 0.717) is 18.7 Å². The standard InChI is InChI=1S/C17H23F2N5O2/c1-11(26-15-4-2-3-9-25-15)7-8-24(17-21-16(20)22-23-17)12-5-6-13(18)14(19)10-12/h5-6,10-11,15H,2-4,7-9H2,1H3,(H3,20,21,22,23). The van der Waals surface area contributed by atoms with Crippen LogP contribution in [0.1, 0.15) is 32.6 Å². The quantitative estimate of drug-likeness (QED) is 0.782. The van der Waals surface area contributed by atoms with E-state index in [-0.39, 0.29) is 24.3 Å². The van der Waals surface area contributed by atoms with Crippen LogP contribution >= 0.6 is 0 Å². The third-order valence-electron chi connectivity index (χ3n) is 4.23. The zero-order valence-corrected chi connectivity index (χ0v) is 14.6. The van der Waals surface area contributed by atoms with Gasteiger partial charge in [-0.25, -0.2) is 13.9 Å². The molecule has 0 bridgehead atoms. The summed E-state index contributed by atoms with van der Waals surface area (Å²) < 4.78 is 38.4. The Balaban J connectivity index is 1.68. The normalized spacial score (nSPS) is 18.7. The molecule has 0 amide bonds. The van der Waals surface area contributed by atoms with Crippen LogP contribution in [0.2, 0.25) is 0 Å². The van der Waals surface area contributed by atoms with E-state index in [1.165, 1.54) is 6.07 Å².